The maximum atomic E-state index is 12.8. The van der Waals surface area contributed by atoms with Crippen LogP contribution in [0.3, 0.4) is 0 Å². The fourth-order valence-electron chi connectivity index (χ4n) is 3.36. The summed E-state index contributed by atoms with van der Waals surface area (Å²) in [6, 6.07) is 12.8. The number of imidazole rings is 1. The van der Waals surface area contributed by atoms with E-state index < -0.39 is 0 Å². The van der Waals surface area contributed by atoms with Crippen molar-refractivity contribution in [2.75, 3.05) is 31.1 Å². The SMILES string of the molecule is Cn1ccnc1COc1ccc(C(=O)N2CCN(c3cc(C#N)ccn3)CC2)cc1. The third kappa shape index (κ3) is 4.25. The molecule has 1 aromatic carbocycles. The summed E-state index contributed by atoms with van der Waals surface area (Å²) < 4.78 is 7.65. The van der Waals surface area contributed by atoms with E-state index in [0.717, 1.165) is 11.6 Å². The third-order valence-electron chi connectivity index (χ3n) is 5.16. The van der Waals surface area contributed by atoms with Crippen LogP contribution in [0.5, 0.6) is 5.75 Å². The van der Waals surface area contributed by atoms with Gasteiger partial charge in [0, 0.05) is 57.4 Å². The topological polar surface area (TPSA) is 87.3 Å². The highest BCUT2D eigenvalue weighted by molar-refractivity contribution is 5.94. The first-order chi connectivity index (χ1) is 14.6. The molecule has 2 aromatic heterocycles. The second-order valence-corrected chi connectivity index (χ2v) is 7.06. The normalized spacial score (nSPS) is 13.7. The van der Waals surface area contributed by atoms with Gasteiger partial charge in [0.05, 0.1) is 11.6 Å². The van der Waals surface area contributed by atoms with Crippen molar-refractivity contribution in [1.29, 1.82) is 5.26 Å². The number of hydrogen-bond acceptors (Lipinski definition) is 6. The van der Waals surface area contributed by atoms with Crippen LogP contribution >= 0.6 is 0 Å². The highest BCUT2D eigenvalue weighted by atomic mass is 16.5. The number of benzene rings is 1. The van der Waals surface area contributed by atoms with E-state index >= 15 is 0 Å². The smallest absolute Gasteiger partial charge is 0.253 e. The Morgan fingerprint density at radius 1 is 1.10 bits per heavy atom. The van der Waals surface area contributed by atoms with Crippen LogP contribution in [-0.2, 0) is 13.7 Å². The van der Waals surface area contributed by atoms with E-state index in [0.29, 0.717) is 49.7 Å². The summed E-state index contributed by atoms with van der Waals surface area (Å²) in [5.74, 6) is 2.31. The number of piperazine rings is 1. The molecule has 1 aliphatic rings. The van der Waals surface area contributed by atoms with E-state index in [1.807, 2.05) is 34.8 Å². The van der Waals surface area contributed by atoms with Gasteiger partial charge >= 0.3 is 0 Å². The monoisotopic (exact) mass is 402 g/mol. The molecule has 4 rings (SSSR count). The van der Waals surface area contributed by atoms with E-state index in [1.165, 1.54) is 0 Å². The molecule has 0 unspecified atom stereocenters. The second-order valence-electron chi connectivity index (χ2n) is 7.06. The van der Waals surface area contributed by atoms with Gasteiger partial charge in [-0.25, -0.2) is 9.97 Å². The van der Waals surface area contributed by atoms with Crippen LogP contribution in [0.1, 0.15) is 21.7 Å². The van der Waals surface area contributed by atoms with Gasteiger partial charge in [-0.1, -0.05) is 0 Å². The Bertz CT molecular complexity index is 1060. The number of nitriles is 1. The first-order valence-electron chi connectivity index (χ1n) is 9.73. The summed E-state index contributed by atoms with van der Waals surface area (Å²) in [4.78, 5) is 25.3. The minimum absolute atomic E-state index is 0.00374. The van der Waals surface area contributed by atoms with E-state index in [4.69, 9.17) is 10.00 Å². The number of aromatic nitrogens is 3. The van der Waals surface area contributed by atoms with Crippen LogP contribution in [-0.4, -0.2) is 51.5 Å². The maximum Gasteiger partial charge on any atom is 0.253 e. The van der Waals surface area contributed by atoms with Crippen molar-refractivity contribution >= 4 is 11.7 Å². The van der Waals surface area contributed by atoms with Crippen LogP contribution in [0.4, 0.5) is 5.82 Å². The largest absolute Gasteiger partial charge is 0.486 e. The highest BCUT2D eigenvalue weighted by Crippen LogP contribution is 2.18. The molecule has 0 aliphatic carbocycles. The zero-order chi connectivity index (χ0) is 20.9. The molecule has 1 saturated heterocycles. The zero-order valence-electron chi connectivity index (χ0n) is 16.7. The Morgan fingerprint density at radius 2 is 1.87 bits per heavy atom. The molecule has 1 fully saturated rings. The van der Waals surface area contributed by atoms with E-state index in [-0.39, 0.29) is 5.91 Å². The van der Waals surface area contributed by atoms with Gasteiger partial charge in [-0.2, -0.15) is 5.26 Å². The molecule has 3 aromatic rings. The lowest BCUT2D eigenvalue weighted by Gasteiger charge is -2.35. The molecular formula is C22H22N6O2. The molecule has 1 aliphatic heterocycles. The van der Waals surface area contributed by atoms with Gasteiger partial charge < -0.3 is 19.1 Å². The molecule has 0 saturated carbocycles. The standard InChI is InChI=1S/C22H22N6O2/c1-26-9-8-25-21(26)16-30-19-4-2-18(3-5-19)22(29)28-12-10-27(11-13-28)20-14-17(15-23)6-7-24-20/h2-9,14H,10-13,16H2,1H3. The van der Waals surface area contributed by atoms with Gasteiger partial charge in [0.25, 0.3) is 5.91 Å². The fraction of sp³-hybridized carbons (Fsp3) is 0.273. The molecule has 3 heterocycles. The van der Waals surface area contributed by atoms with Crippen molar-refractivity contribution in [1.82, 2.24) is 19.4 Å². The Kier molecular flexibility index (Phi) is 5.61. The summed E-state index contributed by atoms with van der Waals surface area (Å²) in [5.41, 5.74) is 1.22. The molecule has 0 N–H and O–H groups in total. The third-order valence-corrected chi connectivity index (χ3v) is 5.16. The van der Waals surface area contributed by atoms with Gasteiger partial charge in [0.1, 0.15) is 24.0 Å². The van der Waals surface area contributed by atoms with Crippen LogP contribution in [0, 0.1) is 11.3 Å². The van der Waals surface area contributed by atoms with Crippen LogP contribution < -0.4 is 9.64 Å². The quantitative estimate of drug-likeness (QED) is 0.650. The number of amides is 1. The number of aryl methyl sites for hydroxylation is 1. The minimum atomic E-state index is 0.00374. The Balaban J connectivity index is 1.32. The Morgan fingerprint density at radius 3 is 2.53 bits per heavy atom. The lowest BCUT2D eigenvalue weighted by atomic mass is 10.1. The second kappa shape index (κ2) is 8.66. The van der Waals surface area contributed by atoms with Crippen molar-refractivity contribution < 1.29 is 9.53 Å². The van der Waals surface area contributed by atoms with E-state index in [2.05, 4.69) is 20.9 Å². The summed E-state index contributed by atoms with van der Waals surface area (Å²) >= 11 is 0. The van der Waals surface area contributed by atoms with Crippen LogP contribution in [0.15, 0.2) is 55.0 Å². The van der Waals surface area contributed by atoms with Crippen LogP contribution in [0.2, 0.25) is 0 Å². The van der Waals surface area contributed by atoms with Gasteiger partial charge in [-0.05, 0) is 36.4 Å². The lowest BCUT2D eigenvalue weighted by Crippen LogP contribution is -2.49. The van der Waals surface area contributed by atoms with Gasteiger partial charge in [-0.3, -0.25) is 4.79 Å². The number of ether oxygens (including phenoxy) is 1. The average molecular weight is 402 g/mol. The molecule has 1 amide bonds. The first kappa shape index (κ1) is 19.5. The number of anilines is 1. The number of carbonyl (C=O) groups is 1. The molecule has 152 valence electrons. The molecule has 30 heavy (non-hydrogen) atoms. The fourth-order valence-corrected chi connectivity index (χ4v) is 3.36. The summed E-state index contributed by atoms with van der Waals surface area (Å²) in [6.07, 6.45) is 5.25. The Labute approximate surface area is 175 Å². The predicted octanol–water partition coefficient (Wildman–Crippen LogP) is 2.23. The van der Waals surface area contributed by atoms with Crippen molar-refractivity contribution in [3.8, 4) is 11.8 Å². The maximum absolute atomic E-state index is 12.8. The van der Waals surface area contributed by atoms with Crippen molar-refractivity contribution in [2.24, 2.45) is 7.05 Å². The number of rotatable bonds is 5. The number of pyridine rings is 1. The number of carbonyl (C=O) groups excluding carboxylic acids is 1. The Hall–Kier alpha value is -3.86. The molecule has 0 spiro atoms. The number of hydrogen-bond donors (Lipinski definition) is 0. The van der Waals surface area contributed by atoms with Gasteiger partial charge in [0.15, 0.2) is 0 Å². The lowest BCUT2D eigenvalue weighted by molar-refractivity contribution is 0.0746. The van der Waals surface area contributed by atoms with Crippen LogP contribution in [0.25, 0.3) is 0 Å². The van der Waals surface area contributed by atoms with Crippen molar-refractivity contribution in [3.63, 3.8) is 0 Å². The zero-order valence-corrected chi connectivity index (χ0v) is 16.7. The summed E-state index contributed by atoms with van der Waals surface area (Å²) in [6.45, 7) is 2.94. The summed E-state index contributed by atoms with van der Waals surface area (Å²) in [5, 5.41) is 9.05. The average Bonchev–Trinajstić information content (AvgIpc) is 3.22. The minimum Gasteiger partial charge on any atom is -0.486 e. The molecule has 0 atom stereocenters. The summed E-state index contributed by atoms with van der Waals surface area (Å²) in [7, 11) is 1.92. The highest BCUT2D eigenvalue weighted by Gasteiger charge is 2.23. The molecule has 0 radical (unpaired) electrons. The molecular weight excluding hydrogens is 380 g/mol. The van der Waals surface area contributed by atoms with Crippen molar-refractivity contribution in [3.05, 3.63) is 71.9 Å². The van der Waals surface area contributed by atoms with Gasteiger partial charge in [-0.15, -0.1) is 0 Å². The van der Waals surface area contributed by atoms with Gasteiger partial charge in [0.2, 0.25) is 0 Å². The molecule has 8 heteroatoms. The molecule has 8 nitrogen and oxygen atoms in total. The van der Waals surface area contributed by atoms with E-state index in [1.54, 1.807) is 36.7 Å². The van der Waals surface area contributed by atoms with E-state index in [9.17, 15) is 4.79 Å². The molecule has 0 bridgehead atoms. The first-order valence-corrected chi connectivity index (χ1v) is 9.73. The predicted molar refractivity (Wildman–Crippen MR) is 111 cm³/mol. The van der Waals surface area contributed by atoms with Crippen molar-refractivity contribution in [2.45, 2.75) is 6.61 Å². The number of nitrogens with zero attached hydrogens (tertiary/aromatic N) is 6.